The molecule has 0 bridgehead atoms. The third-order valence-electron chi connectivity index (χ3n) is 3.03. The van der Waals surface area contributed by atoms with Crippen LogP contribution in [0.4, 0.5) is 0 Å². The Morgan fingerprint density at radius 3 is 2.62 bits per heavy atom. The summed E-state index contributed by atoms with van der Waals surface area (Å²) in [4.78, 5) is 34.7. The Labute approximate surface area is 92.6 Å². The van der Waals surface area contributed by atoms with Crippen molar-refractivity contribution in [2.24, 2.45) is 5.92 Å². The Bertz CT molecular complexity index is 336. The van der Waals surface area contributed by atoms with E-state index in [0.717, 1.165) is 0 Å². The summed E-state index contributed by atoms with van der Waals surface area (Å²) in [6.45, 7) is 0.995. The van der Waals surface area contributed by atoms with Crippen LogP contribution in [-0.2, 0) is 14.4 Å². The van der Waals surface area contributed by atoms with Gasteiger partial charge in [-0.3, -0.25) is 14.4 Å². The Hall–Kier alpha value is -1.59. The zero-order valence-electron chi connectivity index (χ0n) is 8.81. The number of carbonyl (C=O) groups is 3. The summed E-state index contributed by atoms with van der Waals surface area (Å²) in [7, 11) is 0. The molecule has 0 aromatic heterocycles. The fraction of sp³-hybridized carbons (Fsp3) is 0.700. The summed E-state index contributed by atoms with van der Waals surface area (Å²) < 4.78 is 0. The molecule has 0 unspecified atom stereocenters. The summed E-state index contributed by atoms with van der Waals surface area (Å²) >= 11 is 0. The van der Waals surface area contributed by atoms with Gasteiger partial charge in [-0.15, -0.1) is 0 Å². The number of rotatable bonds is 3. The van der Waals surface area contributed by atoms with Crippen molar-refractivity contribution in [3.05, 3.63) is 0 Å². The molecule has 0 radical (unpaired) electrons. The third kappa shape index (κ3) is 2.15. The molecule has 2 fully saturated rings. The Morgan fingerprint density at radius 2 is 2.12 bits per heavy atom. The minimum absolute atomic E-state index is 0.0681. The van der Waals surface area contributed by atoms with E-state index < -0.39 is 12.0 Å². The van der Waals surface area contributed by atoms with Gasteiger partial charge in [-0.05, 0) is 6.42 Å². The summed E-state index contributed by atoms with van der Waals surface area (Å²) in [5.41, 5.74) is 0. The largest absolute Gasteiger partial charge is 0.481 e. The number of carboxylic acid groups (broad SMARTS) is 1. The van der Waals surface area contributed by atoms with E-state index in [9.17, 15) is 14.4 Å². The zero-order valence-corrected chi connectivity index (χ0v) is 8.81. The van der Waals surface area contributed by atoms with Gasteiger partial charge in [-0.2, -0.15) is 0 Å². The Balaban J connectivity index is 1.77. The molecule has 2 saturated heterocycles. The van der Waals surface area contributed by atoms with Crippen LogP contribution in [0.25, 0.3) is 0 Å². The molecule has 2 N–H and O–H groups in total. The first-order valence-corrected chi connectivity index (χ1v) is 5.36. The predicted octanol–water partition coefficient (Wildman–Crippen LogP) is -0.802. The van der Waals surface area contributed by atoms with Crippen molar-refractivity contribution in [1.82, 2.24) is 10.2 Å². The van der Waals surface area contributed by atoms with Gasteiger partial charge in [0, 0.05) is 25.4 Å². The van der Waals surface area contributed by atoms with E-state index in [2.05, 4.69) is 5.32 Å². The van der Waals surface area contributed by atoms with Gasteiger partial charge < -0.3 is 15.3 Å². The molecule has 0 spiro atoms. The summed E-state index contributed by atoms with van der Waals surface area (Å²) in [5.74, 6) is -0.918. The highest BCUT2D eigenvalue weighted by Gasteiger charge is 2.37. The summed E-state index contributed by atoms with van der Waals surface area (Å²) in [6.07, 6.45) is 1.07. The van der Waals surface area contributed by atoms with Gasteiger partial charge in [0.1, 0.15) is 6.04 Å². The highest BCUT2D eigenvalue weighted by molar-refractivity contribution is 5.91. The first kappa shape index (κ1) is 10.9. The van der Waals surface area contributed by atoms with E-state index in [-0.39, 0.29) is 24.2 Å². The first-order valence-electron chi connectivity index (χ1n) is 5.36. The van der Waals surface area contributed by atoms with Crippen LogP contribution in [0.3, 0.4) is 0 Å². The van der Waals surface area contributed by atoms with Crippen molar-refractivity contribution in [3.63, 3.8) is 0 Å². The number of carbonyl (C=O) groups excluding carboxylic acids is 2. The van der Waals surface area contributed by atoms with Gasteiger partial charge >= 0.3 is 5.97 Å². The number of nitrogens with zero attached hydrogens (tertiary/aromatic N) is 1. The van der Waals surface area contributed by atoms with E-state index in [1.807, 2.05) is 0 Å². The van der Waals surface area contributed by atoms with Crippen LogP contribution in [-0.4, -0.2) is 46.9 Å². The molecular formula is C10H14N2O4. The van der Waals surface area contributed by atoms with Crippen molar-refractivity contribution >= 4 is 17.8 Å². The van der Waals surface area contributed by atoms with Crippen LogP contribution in [0, 0.1) is 5.92 Å². The molecule has 1 atom stereocenters. The van der Waals surface area contributed by atoms with Crippen LogP contribution in [0.5, 0.6) is 0 Å². The zero-order chi connectivity index (χ0) is 11.7. The number of carboxylic acids is 1. The van der Waals surface area contributed by atoms with E-state index >= 15 is 0 Å². The summed E-state index contributed by atoms with van der Waals surface area (Å²) in [6, 6.07) is -0.390. The number of amides is 2. The van der Waals surface area contributed by atoms with E-state index in [1.165, 1.54) is 0 Å². The van der Waals surface area contributed by atoms with E-state index in [4.69, 9.17) is 5.11 Å². The second-order valence-corrected chi connectivity index (χ2v) is 4.37. The molecule has 0 saturated carbocycles. The van der Waals surface area contributed by atoms with E-state index in [0.29, 0.717) is 25.9 Å². The SMILES string of the molecule is O=C(O)CC1CN(C(=O)[C@H]2CCC(=O)N2)C1. The number of hydrogen-bond donors (Lipinski definition) is 2. The van der Waals surface area contributed by atoms with Gasteiger partial charge in [0.25, 0.3) is 0 Å². The van der Waals surface area contributed by atoms with Gasteiger partial charge in [-0.25, -0.2) is 0 Å². The fourth-order valence-corrected chi connectivity index (χ4v) is 2.15. The number of likely N-dealkylation sites (tertiary alicyclic amines) is 1. The molecule has 16 heavy (non-hydrogen) atoms. The van der Waals surface area contributed by atoms with Crippen molar-refractivity contribution in [2.75, 3.05) is 13.1 Å². The molecule has 0 aromatic carbocycles. The van der Waals surface area contributed by atoms with Gasteiger partial charge in [0.05, 0.1) is 6.42 Å². The minimum Gasteiger partial charge on any atom is -0.481 e. The molecular weight excluding hydrogens is 212 g/mol. The van der Waals surface area contributed by atoms with Crippen LogP contribution >= 0.6 is 0 Å². The van der Waals surface area contributed by atoms with Crippen molar-refractivity contribution in [3.8, 4) is 0 Å². The lowest BCUT2D eigenvalue weighted by Crippen LogP contribution is -2.55. The van der Waals surface area contributed by atoms with E-state index in [1.54, 1.807) is 4.90 Å². The van der Waals surface area contributed by atoms with Crippen LogP contribution in [0.1, 0.15) is 19.3 Å². The number of hydrogen-bond acceptors (Lipinski definition) is 3. The molecule has 2 amide bonds. The number of aliphatic carboxylic acids is 1. The smallest absolute Gasteiger partial charge is 0.303 e. The van der Waals surface area contributed by atoms with Crippen molar-refractivity contribution in [1.29, 1.82) is 0 Å². The van der Waals surface area contributed by atoms with Crippen LogP contribution in [0.15, 0.2) is 0 Å². The van der Waals surface area contributed by atoms with Gasteiger partial charge in [-0.1, -0.05) is 0 Å². The lowest BCUT2D eigenvalue weighted by atomic mass is 9.95. The quantitative estimate of drug-likeness (QED) is 0.659. The highest BCUT2D eigenvalue weighted by atomic mass is 16.4. The molecule has 6 heteroatoms. The average Bonchev–Trinajstić information content (AvgIpc) is 2.56. The predicted molar refractivity (Wildman–Crippen MR) is 53.5 cm³/mol. The second-order valence-electron chi connectivity index (χ2n) is 4.37. The standard InChI is InChI=1S/C10H14N2O4/c13-8-2-1-7(11-8)10(16)12-4-6(5-12)3-9(14)15/h6-7H,1-5H2,(H,11,13)(H,14,15)/t7-/m1/s1. The minimum atomic E-state index is -0.828. The maximum atomic E-state index is 11.8. The molecule has 6 nitrogen and oxygen atoms in total. The van der Waals surface area contributed by atoms with Crippen LogP contribution < -0.4 is 5.32 Å². The van der Waals surface area contributed by atoms with Crippen LogP contribution in [0.2, 0.25) is 0 Å². The molecule has 2 heterocycles. The Kier molecular flexibility index (Phi) is 2.80. The molecule has 0 aliphatic carbocycles. The second kappa shape index (κ2) is 4.11. The molecule has 0 aromatic rings. The molecule has 2 aliphatic heterocycles. The first-order chi connectivity index (χ1) is 7.56. The van der Waals surface area contributed by atoms with Crippen molar-refractivity contribution < 1.29 is 19.5 Å². The summed E-state index contributed by atoms with van der Waals surface area (Å²) in [5, 5.41) is 11.2. The Morgan fingerprint density at radius 1 is 1.44 bits per heavy atom. The maximum Gasteiger partial charge on any atom is 0.303 e. The number of nitrogens with one attached hydrogen (secondary N) is 1. The highest BCUT2D eigenvalue weighted by Crippen LogP contribution is 2.21. The fourth-order valence-electron chi connectivity index (χ4n) is 2.15. The monoisotopic (exact) mass is 226 g/mol. The van der Waals surface area contributed by atoms with Crippen molar-refractivity contribution in [2.45, 2.75) is 25.3 Å². The van der Waals surface area contributed by atoms with Gasteiger partial charge in [0.15, 0.2) is 0 Å². The average molecular weight is 226 g/mol. The normalized spacial score (nSPS) is 25.1. The lowest BCUT2D eigenvalue weighted by molar-refractivity contribution is -0.146. The molecule has 2 rings (SSSR count). The lowest BCUT2D eigenvalue weighted by Gasteiger charge is -2.39. The third-order valence-corrected chi connectivity index (χ3v) is 3.03. The topological polar surface area (TPSA) is 86.7 Å². The van der Waals surface area contributed by atoms with Gasteiger partial charge in [0.2, 0.25) is 11.8 Å². The molecule has 88 valence electrons. The maximum absolute atomic E-state index is 11.8. The molecule has 2 aliphatic rings.